The Morgan fingerprint density at radius 3 is 2.75 bits per heavy atom. The third-order valence-electron chi connectivity index (χ3n) is 2.72. The molecular formula is C13H13F3N2OS. The molecule has 7 heteroatoms. The zero-order valence-corrected chi connectivity index (χ0v) is 11.8. The van der Waals surface area contributed by atoms with Gasteiger partial charge >= 0.3 is 6.18 Å². The van der Waals surface area contributed by atoms with Crippen LogP contribution in [0.3, 0.4) is 0 Å². The molecule has 0 radical (unpaired) electrons. The summed E-state index contributed by atoms with van der Waals surface area (Å²) in [6.45, 7) is 3.78. The molecule has 1 aliphatic rings. The van der Waals surface area contributed by atoms with Crippen LogP contribution < -0.4 is 4.90 Å². The standard InChI is InChI=1S/C13H13F3N2OS/c1-8-7-18(12(20-8)17-9(2)19)11-5-3-4-10(6-11)13(14,15)16/h3-6,8H,7H2,1-2H3. The number of aliphatic imine (C=N–C) groups is 1. The van der Waals surface area contributed by atoms with E-state index >= 15 is 0 Å². The lowest BCUT2D eigenvalue weighted by Crippen LogP contribution is -2.25. The number of hydrogen-bond acceptors (Lipinski definition) is 2. The molecule has 0 aromatic heterocycles. The summed E-state index contributed by atoms with van der Waals surface area (Å²) in [5.41, 5.74) is -0.307. The van der Waals surface area contributed by atoms with Crippen molar-refractivity contribution in [1.82, 2.24) is 0 Å². The largest absolute Gasteiger partial charge is 0.416 e. The number of nitrogens with zero attached hydrogens (tertiary/aromatic N) is 2. The van der Waals surface area contributed by atoms with Gasteiger partial charge in [-0.1, -0.05) is 24.8 Å². The zero-order valence-electron chi connectivity index (χ0n) is 10.9. The van der Waals surface area contributed by atoms with Gasteiger partial charge < -0.3 is 4.90 Å². The average Bonchev–Trinajstić information content (AvgIpc) is 2.68. The molecule has 1 unspecified atom stereocenters. The number of anilines is 1. The summed E-state index contributed by atoms with van der Waals surface area (Å²) >= 11 is 1.38. The molecule has 1 saturated heterocycles. The molecule has 1 heterocycles. The van der Waals surface area contributed by atoms with Crippen LogP contribution in [0.1, 0.15) is 19.4 Å². The van der Waals surface area contributed by atoms with Gasteiger partial charge in [0.15, 0.2) is 5.17 Å². The highest BCUT2D eigenvalue weighted by Crippen LogP contribution is 2.35. The molecule has 0 saturated carbocycles. The van der Waals surface area contributed by atoms with Crippen LogP contribution in [0.4, 0.5) is 18.9 Å². The number of benzene rings is 1. The molecule has 0 bridgehead atoms. The Bertz CT molecular complexity index is 557. The van der Waals surface area contributed by atoms with E-state index in [0.717, 1.165) is 12.1 Å². The number of thioether (sulfide) groups is 1. The van der Waals surface area contributed by atoms with Crippen molar-refractivity contribution in [2.75, 3.05) is 11.4 Å². The van der Waals surface area contributed by atoms with E-state index in [-0.39, 0.29) is 11.2 Å². The van der Waals surface area contributed by atoms with Crippen LogP contribution in [-0.2, 0) is 11.0 Å². The molecule has 3 nitrogen and oxygen atoms in total. The Labute approximate surface area is 118 Å². The number of amides is 1. The first-order valence-electron chi connectivity index (χ1n) is 5.98. The fraction of sp³-hybridized carbons (Fsp3) is 0.385. The summed E-state index contributed by atoms with van der Waals surface area (Å²) in [4.78, 5) is 16.6. The van der Waals surface area contributed by atoms with Gasteiger partial charge in [0, 0.05) is 24.4 Å². The number of rotatable bonds is 1. The van der Waals surface area contributed by atoms with E-state index in [2.05, 4.69) is 4.99 Å². The van der Waals surface area contributed by atoms with E-state index in [1.807, 2.05) is 6.92 Å². The van der Waals surface area contributed by atoms with Crippen LogP contribution in [0.25, 0.3) is 0 Å². The molecular weight excluding hydrogens is 289 g/mol. The van der Waals surface area contributed by atoms with Crippen molar-refractivity contribution in [1.29, 1.82) is 0 Å². The Balaban J connectivity index is 2.37. The lowest BCUT2D eigenvalue weighted by Gasteiger charge is -2.19. The highest BCUT2D eigenvalue weighted by molar-refractivity contribution is 8.15. The lowest BCUT2D eigenvalue weighted by atomic mass is 10.2. The summed E-state index contributed by atoms with van der Waals surface area (Å²) in [5.74, 6) is -0.362. The predicted octanol–water partition coefficient (Wildman–Crippen LogP) is 3.55. The molecule has 1 atom stereocenters. The maximum Gasteiger partial charge on any atom is 0.416 e. The van der Waals surface area contributed by atoms with Crippen LogP contribution in [0.15, 0.2) is 29.3 Å². The van der Waals surface area contributed by atoms with Gasteiger partial charge in [-0.2, -0.15) is 18.2 Å². The molecule has 1 aliphatic heterocycles. The minimum atomic E-state index is -4.38. The summed E-state index contributed by atoms with van der Waals surface area (Å²) in [6, 6.07) is 5.05. The van der Waals surface area contributed by atoms with Crippen molar-refractivity contribution in [2.45, 2.75) is 25.3 Å². The van der Waals surface area contributed by atoms with Crippen molar-refractivity contribution in [3.05, 3.63) is 29.8 Å². The number of hydrogen-bond donors (Lipinski definition) is 0. The van der Waals surface area contributed by atoms with Gasteiger partial charge in [-0.3, -0.25) is 4.79 Å². The number of amidine groups is 1. The molecule has 0 spiro atoms. The first-order valence-corrected chi connectivity index (χ1v) is 6.86. The summed E-state index contributed by atoms with van der Waals surface area (Å²) in [7, 11) is 0. The van der Waals surface area contributed by atoms with Crippen molar-refractivity contribution in [3.63, 3.8) is 0 Å². The monoisotopic (exact) mass is 302 g/mol. The average molecular weight is 302 g/mol. The molecule has 0 N–H and O–H groups in total. The highest BCUT2D eigenvalue weighted by atomic mass is 32.2. The van der Waals surface area contributed by atoms with E-state index in [0.29, 0.717) is 17.4 Å². The fourth-order valence-corrected chi connectivity index (χ4v) is 2.98. The van der Waals surface area contributed by atoms with Gasteiger partial charge in [-0.05, 0) is 18.2 Å². The highest BCUT2D eigenvalue weighted by Gasteiger charge is 2.33. The van der Waals surface area contributed by atoms with Gasteiger partial charge in [-0.15, -0.1) is 0 Å². The maximum atomic E-state index is 12.7. The lowest BCUT2D eigenvalue weighted by molar-refractivity contribution is -0.137. The second-order valence-electron chi connectivity index (χ2n) is 4.50. The smallest absolute Gasteiger partial charge is 0.320 e. The molecule has 0 aliphatic carbocycles. The zero-order chi connectivity index (χ0) is 14.9. The van der Waals surface area contributed by atoms with E-state index < -0.39 is 11.7 Å². The van der Waals surface area contributed by atoms with Crippen LogP contribution in [0.5, 0.6) is 0 Å². The van der Waals surface area contributed by atoms with Gasteiger partial charge in [-0.25, -0.2) is 0 Å². The molecule has 1 aromatic carbocycles. The minimum absolute atomic E-state index is 0.169. The van der Waals surface area contributed by atoms with Crippen molar-refractivity contribution < 1.29 is 18.0 Å². The second kappa shape index (κ2) is 5.47. The van der Waals surface area contributed by atoms with E-state index in [4.69, 9.17) is 0 Å². The minimum Gasteiger partial charge on any atom is -0.320 e. The number of alkyl halides is 3. The van der Waals surface area contributed by atoms with E-state index in [1.54, 1.807) is 11.0 Å². The fourth-order valence-electron chi connectivity index (χ4n) is 1.90. The van der Waals surface area contributed by atoms with Crippen LogP contribution in [-0.4, -0.2) is 22.9 Å². The van der Waals surface area contributed by atoms with Crippen LogP contribution >= 0.6 is 11.8 Å². The first-order chi connectivity index (χ1) is 9.27. The maximum absolute atomic E-state index is 12.7. The van der Waals surface area contributed by atoms with Gasteiger partial charge in [0.25, 0.3) is 0 Å². The van der Waals surface area contributed by atoms with Crippen molar-refractivity contribution in [3.8, 4) is 0 Å². The normalized spacial score (nSPS) is 21.6. The number of carbonyl (C=O) groups is 1. The number of halogens is 3. The Morgan fingerprint density at radius 1 is 1.45 bits per heavy atom. The Morgan fingerprint density at radius 2 is 2.15 bits per heavy atom. The quantitative estimate of drug-likeness (QED) is 0.795. The first kappa shape index (κ1) is 14.9. The Kier molecular flexibility index (Phi) is 4.08. The van der Waals surface area contributed by atoms with Crippen LogP contribution in [0, 0.1) is 0 Å². The van der Waals surface area contributed by atoms with Crippen molar-refractivity contribution >= 4 is 28.5 Å². The molecule has 20 heavy (non-hydrogen) atoms. The summed E-state index contributed by atoms with van der Waals surface area (Å²) < 4.78 is 38.2. The second-order valence-corrected chi connectivity index (χ2v) is 5.91. The molecule has 1 amide bonds. The molecule has 2 rings (SSSR count). The topological polar surface area (TPSA) is 32.7 Å². The summed E-state index contributed by atoms with van der Waals surface area (Å²) in [6.07, 6.45) is -4.38. The molecule has 1 fully saturated rings. The van der Waals surface area contributed by atoms with E-state index in [9.17, 15) is 18.0 Å². The van der Waals surface area contributed by atoms with Crippen LogP contribution in [0.2, 0.25) is 0 Å². The SMILES string of the molecule is CC(=O)N=C1SC(C)CN1c1cccc(C(F)(F)F)c1. The van der Waals surface area contributed by atoms with Gasteiger partial charge in [0.05, 0.1) is 5.56 Å². The molecule has 1 aromatic rings. The number of carbonyl (C=O) groups excluding carboxylic acids is 1. The summed E-state index contributed by atoms with van der Waals surface area (Å²) in [5, 5.41) is 0.618. The van der Waals surface area contributed by atoms with Gasteiger partial charge in [0.1, 0.15) is 0 Å². The van der Waals surface area contributed by atoms with Gasteiger partial charge in [0.2, 0.25) is 5.91 Å². The third-order valence-corrected chi connectivity index (χ3v) is 3.79. The molecule has 108 valence electrons. The Hall–Kier alpha value is -1.50. The predicted molar refractivity (Wildman–Crippen MR) is 74.0 cm³/mol. The van der Waals surface area contributed by atoms with Crippen molar-refractivity contribution in [2.24, 2.45) is 4.99 Å². The third kappa shape index (κ3) is 3.33. The van der Waals surface area contributed by atoms with E-state index in [1.165, 1.54) is 24.8 Å².